The van der Waals surface area contributed by atoms with Crippen LogP contribution in [0, 0.1) is 17.3 Å². The predicted molar refractivity (Wildman–Crippen MR) is 142 cm³/mol. The number of nitrogens with one attached hydrogen (secondary N) is 1. The summed E-state index contributed by atoms with van der Waals surface area (Å²) in [5.41, 5.74) is 0.860. The first kappa shape index (κ1) is 26.7. The number of rotatable bonds is 7. The molecule has 4 fully saturated rings. The SMILES string of the molecule is COc1c(CC(N[Si](C)(C)C)B2OC3CC4CC(C4(C)C)C3(C)O2)cccc1C(=O)OC(C)(C)C. The molecule has 0 amide bonds. The fraction of sp³-hybridized carbons (Fsp3) is 0.741. The van der Waals surface area contributed by atoms with E-state index in [0.29, 0.717) is 35.0 Å². The van der Waals surface area contributed by atoms with Gasteiger partial charge in [-0.15, -0.1) is 0 Å². The number of hydrogen-bond acceptors (Lipinski definition) is 6. The molecule has 0 radical (unpaired) electrons. The summed E-state index contributed by atoms with van der Waals surface area (Å²) in [6, 6.07) is 5.69. The van der Waals surface area contributed by atoms with Gasteiger partial charge in [0.25, 0.3) is 0 Å². The molecule has 1 heterocycles. The van der Waals surface area contributed by atoms with Gasteiger partial charge in [-0.05, 0) is 75.8 Å². The maximum atomic E-state index is 12.9. The number of carbonyl (C=O) groups excluding carboxylic acids is 1. The second-order valence-electron chi connectivity index (χ2n) is 13.5. The summed E-state index contributed by atoms with van der Waals surface area (Å²) < 4.78 is 24.9. The van der Waals surface area contributed by atoms with E-state index in [4.69, 9.17) is 18.8 Å². The van der Waals surface area contributed by atoms with Crippen LogP contribution in [0.2, 0.25) is 19.6 Å². The van der Waals surface area contributed by atoms with E-state index < -0.39 is 13.8 Å². The molecule has 35 heavy (non-hydrogen) atoms. The van der Waals surface area contributed by atoms with Gasteiger partial charge in [-0.1, -0.05) is 45.6 Å². The van der Waals surface area contributed by atoms with Crippen molar-refractivity contribution >= 4 is 21.3 Å². The molecule has 5 rings (SSSR count). The molecule has 1 aliphatic heterocycles. The van der Waals surface area contributed by atoms with Crippen molar-refractivity contribution in [2.24, 2.45) is 17.3 Å². The maximum absolute atomic E-state index is 12.9. The van der Waals surface area contributed by atoms with Gasteiger partial charge in [0.2, 0.25) is 0 Å². The molecule has 2 bridgehead atoms. The van der Waals surface area contributed by atoms with E-state index in [1.54, 1.807) is 13.2 Å². The molecule has 6 nitrogen and oxygen atoms in total. The average Bonchev–Trinajstić information content (AvgIpc) is 3.07. The van der Waals surface area contributed by atoms with Gasteiger partial charge in [0.05, 0.1) is 18.8 Å². The highest BCUT2D eigenvalue weighted by Crippen LogP contribution is 2.65. The first-order valence-corrected chi connectivity index (χ1v) is 16.6. The Morgan fingerprint density at radius 2 is 1.91 bits per heavy atom. The normalized spacial score (nSPS) is 30.3. The van der Waals surface area contributed by atoms with E-state index in [1.165, 1.54) is 6.42 Å². The quantitative estimate of drug-likeness (QED) is 0.407. The first-order chi connectivity index (χ1) is 16.0. The van der Waals surface area contributed by atoms with Gasteiger partial charge >= 0.3 is 13.1 Å². The molecular formula is C27H44BNO5Si. The summed E-state index contributed by atoms with van der Waals surface area (Å²) >= 11 is 0. The summed E-state index contributed by atoms with van der Waals surface area (Å²) in [5, 5.41) is 0. The van der Waals surface area contributed by atoms with Crippen molar-refractivity contribution in [1.29, 1.82) is 0 Å². The minimum absolute atomic E-state index is 0.0489. The topological polar surface area (TPSA) is 66.0 Å². The van der Waals surface area contributed by atoms with E-state index in [9.17, 15) is 4.79 Å². The third kappa shape index (κ3) is 5.09. The highest BCUT2D eigenvalue weighted by atomic mass is 28.3. The van der Waals surface area contributed by atoms with E-state index in [-0.39, 0.29) is 30.7 Å². The fourth-order valence-corrected chi connectivity index (χ4v) is 7.91. The molecule has 194 valence electrons. The van der Waals surface area contributed by atoms with Crippen molar-refractivity contribution in [2.45, 2.75) is 104 Å². The van der Waals surface area contributed by atoms with Gasteiger partial charge in [-0.2, -0.15) is 0 Å². The third-order valence-corrected chi connectivity index (χ3v) is 9.51. The van der Waals surface area contributed by atoms with Gasteiger partial charge in [-0.3, -0.25) is 0 Å². The molecule has 8 heteroatoms. The van der Waals surface area contributed by atoms with E-state index in [0.717, 1.165) is 12.0 Å². The Kier molecular flexibility index (Phi) is 6.79. The number of ether oxygens (including phenoxy) is 2. The second kappa shape index (κ2) is 8.89. The van der Waals surface area contributed by atoms with Crippen LogP contribution < -0.4 is 9.72 Å². The number of para-hydroxylation sites is 1. The largest absolute Gasteiger partial charge is 0.496 e. The summed E-state index contributed by atoms with van der Waals surface area (Å²) in [6.45, 7) is 19.5. The monoisotopic (exact) mass is 501 g/mol. The van der Waals surface area contributed by atoms with Crippen LogP contribution in [0.1, 0.15) is 70.3 Å². The average molecular weight is 502 g/mol. The molecule has 5 atom stereocenters. The number of hydrogen-bond donors (Lipinski definition) is 1. The van der Waals surface area contributed by atoms with Gasteiger partial charge in [0.1, 0.15) is 25.1 Å². The van der Waals surface area contributed by atoms with Gasteiger partial charge in [0, 0.05) is 5.94 Å². The van der Waals surface area contributed by atoms with Crippen LogP contribution in [-0.2, 0) is 20.5 Å². The lowest BCUT2D eigenvalue weighted by Crippen LogP contribution is -2.65. The molecular weight excluding hydrogens is 457 g/mol. The molecule has 5 unspecified atom stereocenters. The zero-order valence-corrected chi connectivity index (χ0v) is 24.3. The van der Waals surface area contributed by atoms with Crippen molar-refractivity contribution < 1.29 is 23.6 Å². The van der Waals surface area contributed by atoms with E-state index in [1.807, 2.05) is 32.9 Å². The Balaban J connectivity index is 1.61. The van der Waals surface area contributed by atoms with Crippen LogP contribution in [-0.4, -0.2) is 51.7 Å². The molecule has 1 N–H and O–H groups in total. The number of benzene rings is 1. The molecule has 4 aliphatic rings. The lowest BCUT2D eigenvalue weighted by atomic mass is 9.43. The minimum atomic E-state index is -1.69. The van der Waals surface area contributed by atoms with Crippen LogP contribution in [0.15, 0.2) is 18.2 Å². The molecule has 3 saturated carbocycles. The van der Waals surface area contributed by atoms with Gasteiger partial charge in [-0.25, -0.2) is 4.79 Å². The summed E-state index contributed by atoms with van der Waals surface area (Å²) in [6.07, 6.45) is 3.06. The molecule has 1 aromatic carbocycles. The predicted octanol–water partition coefficient (Wildman–Crippen LogP) is 5.25. The van der Waals surface area contributed by atoms with Crippen LogP contribution in [0.25, 0.3) is 0 Å². The van der Waals surface area contributed by atoms with Crippen molar-refractivity contribution in [3.05, 3.63) is 29.3 Å². The van der Waals surface area contributed by atoms with Crippen molar-refractivity contribution in [3.8, 4) is 5.75 Å². The van der Waals surface area contributed by atoms with E-state index >= 15 is 0 Å². The number of carbonyl (C=O) groups is 1. The number of esters is 1. The summed E-state index contributed by atoms with van der Waals surface area (Å²) in [4.78, 5) is 16.8. The fourth-order valence-electron chi connectivity index (χ4n) is 6.56. The zero-order valence-electron chi connectivity index (χ0n) is 23.3. The second-order valence-corrected chi connectivity index (χ2v) is 18.3. The number of methoxy groups -OCH3 is 1. The van der Waals surface area contributed by atoms with Crippen LogP contribution in [0.3, 0.4) is 0 Å². The van der Waals surface area contributed by atoms with E-state index in [2.05, 4.69) is 45.4 Å². The molecule has 0 spiro atoms. The lowest BCUT2D eigenvalue weighted by Gasteiger charge is -2.64. The van der Waals surface area contributed by atoms with Crippen LogP contribution in [0.4, 0.5) is 0 Å². The minimum Gasteiger partial charge on any atom is -0.496 e. The van der Waals surface area contributed by atoms with Crippen molar-refractivity contribution in [1.82, 2.24) is 4.98 Å². The lowest BCUT2D eigenvalue weighted by molar-refractivity contribution is -0.199. The Morgan fingerprint density at radius 3 is 2.49 bits per heavy atom. The highest BCUT2D eigenvalue weighted by molar-refractivity contribution is 6.74. The zero-order chi connectivity index (χ0) is 26.0. The maximum Gasteiger partial charge on any atom is 0.475 e. The summed E-state index contributed by atoms with van der Waals surface area (Å²) in [5.74, 6) is 1.37. The third-order valence-electron chi connectivity index (χ3n) is 8.28. The van der Waals surface area contributed by atoms with Crippen LogP contribution >= 0.6 is 0 Å². The molecule has 3 aliphatic carbocycles. The van der Waals surface area contributed by atoms with Gasteiger partial charge in [0.15, 0.2) is 0 Å². The smallest absolute Gasteiger partial charge is 0.475 e. The van der Waals surface area contributed by atoms with Crippen molar-refractivity contribution in [2.75, 3.05) is 7.11 Å². The molecule has 0 aromatic heterocycles. The summed E-state index contributed by atoms with van der Waals surface area (Å²) in [7, 11) is -0.420. The first-order valence-electron chi connectivity index (χ1n) is 13.1. The standard InChI is InChI=1S/C27H44BNO5Si/c1-25(2,3)32-24(30)19-13-11-12-17(23(19)31-7)14-22(29-35(8,9)10)28-33-21-16-18-15-20(26(18,4)5)27(21,6)34-28/h11-13,18,20-22,29H,14-16H2,1-10H3. The molecule has 1 aromatic rings. The van der Waals surface area contributed by atoms with Gasteiger partial charge < -0.3 is 23.8 Å². The Morgan fingerprint density at radius 1 is 1.23 bits per heavy atom. The Bertz CT molecular complexity index is 971. The Labute approximate surface area is 213 Å². The van der Waals surface area contributed by atoms with Crippen molar-refractivity contribution in [3.63, 3.8) is 0 Å². The van der Waals surface area contributed by atoms with Crippen LogP contribution in [0.5, 0.6) is 5.75 Å². The highest BCUT2D eigenvalue weighted by Gasteiger charge is 2.68. The Hall–Kier alpha value is -1.35. The molecule has 1 saturated heterocycles.